The van der Waals surface area contributed by atoms with Crippen molar-refractivity contribution in [3.05, 3.63) is 40.3 Å². The van der Waals surface area contributed by atoms with Crippen LogP contribution in [0.3, 0.4) is 0 Å². The largest absolute Gasteiger partial charge is 0.494 e. The summed E-state index contributed by atoms with van der Waals surface area (Å²) < 4.78 is 5.37. The number of para-hydroxylation sites is 1. The Morgan fingerprint density at radius 1 is 1.59 bits per heavy atom. The molecule has 0 aromatic heterocycles. The molecule has 0 aliphatic heterocycles. The highest BCUT2D eigenvalue weighted by atomic mass is 16.5. The Balaban J connectivity index is 3.07. The molecule has 0 fully saturated rings. The van der Waals surface area contributed by atoms with Crippen molar-refractivity contribution in [1.82, 2.24) is 0 Å². The van der Waals surface area contributed by atoms with Gasteiger partial charge in [0.15, 0.2) is 0 Å². The van der Waals surface area contributed by atoms with Crippen LogP contribution in [0.1, 0.15) is 24.9 Å². The molecule has 0 aliphatic rings. The second-order valence-electron chi connectivity index (χ2n) is 3.29. The lowest BCUT2D eigenvalue weighted by molar-refractivity contribution is -0.137. The first kappa shape index (κ1) is 12.9. The van der Waals surface area contributed by atoms with Gasteiger partial charge in [0.1, 0.15) is 5.75 Å². The van der Waals surface area contributed by atoms with Crippen molar-refractivity contribution in [3.8, 4) is 5.75 Å². The zero-order chi connectivity index (χ0) is 12.7. The molecule has 1 rings (SSSR count). The van der Waals surface area contributed by atoms with E-state index >= 15 is 0 Å². The van der Waals surface area contributed by atoms with Crippen molar-refractivity contribution in [2.45, 2.75) is 19.4 Å². The number of carboxylic acid groups (broad SMARTS) is 1. The van der Waals surface area contributed by atoms with Crippen LogP contribution in [0.4, 0.5) is 0 Å². The average Bonchev–Trinajstić information content (AvgIpc) is 2.29. The second kappa shape index (κ2) is 6.40. The second-order valence-corrected chi connectivity index (χ2v) is 3.29. The van der Waals surface area contributed by atoms with Crippen molar-refractivity contribution in [2.75, 3.05) is 6.61 Å². The summed E-state index contributed by atoms with van der Waals surface area (Å²) in [5.74, 6) is -0.470. The van der Waals surface area contributed by atoms with Crippen LogP contribution in [0.15, 0.2) is 29.4 Å². The van der Waals surface area contributed by atoms with Crippen molar-refractivity contribution < 1.29 is 14.6 Å². The number of nitrogens with zero attached hydrogens (tertiary/aromatic N) is 3. The van der Waals surface area contributed by atoms with Crippen molar-refractivity contribution in [2.24, 2.45) is 5.11 Å². The average molecular weight is 235 g/mol. The first-order valence-corrected chi connectivity index (χ1v) is 5.16. The summed E-state index contributed by atoms with van der Waals surface area (Å²) in [4.78, 5) is 13.4. The Morgan fingerprint density at radius 3 is 2.88 bits per heavy atom. The van der Waals surface area contributed by atoms with E-state index in [4.69, 9.17) is 15.4 Å². The van der Waals surface area contributed by atoms with Gasteiger partial charge in [0.25, 0.3) is 0 Å². The van der Waals surface area contributed by atoms with Crippen LogP contribution >= 0.6 is 0 Å². The molecule has 0 radical (unpaired) electrons. The number of carboxylic acids is 1. The van der Waals surface area contributed by atoms with Gasteiger partial charge in [0, 0.05) is 10.5 Å². The molecule has 0 saturated heterocycles. The van der Waals surface area contributed by atoms with Crippen LogP contribution in [0.5, 0.6) is 5.75 Å². The van der Waals surface area contributed by atoms with Gasteiger partial charge in [-0.05, 0) is 18.5 Å². The fourth-order valence-corrected chi connectivity index (χ4v) is 1.48. The molecule has 1 aromatic rings. The van der Waals surface area contributed by atoms with Gasteiger partial charge < -0.3 is 9.84 Å². The normalized spacial score (nSPS) is 11.4. The number of benzene rings is 1. The zero-order valence-electron chi connectivity index (χ0n) is 9.41. The smallest absolute Gasteiger partial charge is 0.304 e. The molecule has 0 saturated carbocycles. The Bertz CT molecular complexity index is 441. The van der Waals surface area contributed by atoms with Gasteiger partial charge in [-0.3, -0.25) is 4.79 Å². The molecule has 0 spiro atoms. The van der Waals surface area contributed by atoms with Crippen molar-refractivity contribution in [1.29, 1.82) is 0 Å². The minimum Gasteiger partial charge on any atom is -0.494 e. The Morgan fingerprint density at radius 2 is 2.29 bits per heavy atom. The standard InChI is InChI=1S/C11H13N3O3/c1-2-17-10-6-4-3-5-8(10)9(13-14-12)7-11(15)16/h3-6,9H,2,7H2,1H3,(H,15,16). The molecule has 0 aliphatic carbocycles. The third-order valence-corrected chi connectivity index (χ3v) is 2.14. The van der Waals surface area contributed by atoms with Crippen LogP contribution < -0.4 is 4.74 Å². The quantitative estimate of drug-likeness (QED) is 0.466. The first-order valence-electron chi connectivity index (χ1n) is 5.16. The molecule has 1 atom stereocenters. The molecule has 1 aromatic carbocycles. The van der Waals surface area contributed by atoms with Crippen LogP contribution in [0.2, 0.25) is 0 Å². The third kappa shape index (κ3) is 3.70. The van der Waals surface area contributed by atoms with Crippen LogP contribution in [-0.4, -0.2) is 17.7 Å². The minimum absolute atomic E-state index is 0.256. The molecule has 6 heteroatoms. The summed E-state index contributed by atoms with van der Waals surface area (Å²) in [5, 5.41) is 12.3. The van der Waals surface area contributed by atoms with Crippen LogP contribution in [-0.2, 0) is 4.79 Å². The minimum atomic E-state index is -1.02. The highest BCUT2D eigenvalue weighted by Gasteiger charge is 2.17. The molecule has 17 heavy (non-hydrogen) atoms. The molecular formula is C11H13N3O3. The van der Waals surface area contributed by atoms with E-state index in [0.717, 1.165) is 0 Å². The van der Waals surface area contributed by atoms with E-state index in [2.05, 4.69) is 10.0 Å². The third-order valence-electron chi connectivity index (χ3n) is 2.14. The topological polar surface area (TPSA) is 95.3 Å². The lowest BCUT2D eigenvalue weighted by atomic mass is 10.0. The monoisotopic (exact) mass is 235 g/mol. The molecule has 0 heterocycles. The number of rotatable bonds is 6. The molecule has 0 amide bonds. The predicted molar refractivity (Wildman–Crippen MR) is 61.8 cm³/mol. The van der Waals surface area contributed by atoms with E-state index in [0.29, 0.717) is 17.9 Å². The van der Waals surface area contributed by atoms with Crippen LogP contribution in [0.25, 0.3) is 10.4 Å². The fraction of sp³-hybridized carbons (Fsp3) is 0.364. The van der Waals surface area contributed by atoms with Gasteiger partial charge in [-0.15, -0.1) is 0 Å². The molecule has 1 N–H and O–H groups in total. The SMILES string of the molecule is CCOc1ccccc1C(CC(=O)O)N=[N+]=[N-]. The van der Waals surface area contributed by atoms with Crippen LogP contribution in [0, 0.1) is 0 Å². The zero-order valence-corrected chi connectivity index (χ0v) is 9.41. The highest BCUT2D eigenvalue weighted by Crippen LogP contribution is 2.30. The number of hydrogen-bond donors (Lipinski definition) is 1. The van der Waals surface area contributed by atoms with Gasteiger partial charge in [0.05, 0.1) is 19.1 Å². The molecule has 6 nitrogen and oxygen atoms in total. The highest BCUT2D eigenvalue weighted by molar-refractivity contribution is 5.68. The van der Waals surface area contributed by atoms with E-state index in [9.17, 15) is 4.79 Å². The van der Waals surface area contributed by atoms with E-state index in [1.54, 1.807) is 24.3 Å². The number of hydrogen-bond acceptors (Lipinski definition) is 3. The lowest BCUT2D eigenvalue weighted by Crippen LogP contribution is -2.06. The number of ether oxygens (including phenoxy) is 1. The fourth-order valence-electron chi connectivity index (χ4n) is 1.48. The van der Waals surface area contributed by atoms with Crippen molar-refractivity contribution in [3.63, 3.8) is 0 Å². The Hall–Kier alpha value is -2.20. The van der Waals surface area contributed by atoms with E-state index < -0.39 is 12.0 Å². The van der Waals surface area contributed by atoms with E-state index in [-0.39, 0.29) is 6.42 Å². The molecule has 90 valence electrons. The summed E-state index contributed by atoms with van der Waals surface area (Å²) in [7, 11) is 0. The first-order chi connectivity index (χ1) is 8.19. The van der Waals surface area contributed by atoms with E-state index in [1.165, 1.54) is 0 Å². The van der Waals surface area contributed by atoms with E-state index in [1.807, 2.05) is 6.92 Å². The summed E-state index contributed by atoms with van der Waals surface area (Å²) in [6.45, 7) is 2.30. The summed E-state index contributed by atoms with van der Waals surface area (Å²) in [6.07, 6.45) is -0.256. The van der Waals surface area contributed by atoms with Gasteiger partial charge in [-0.25, -0.2) is 0 Å². The maximum Gasteiger partial charge on any atom is 0.304 e. The summed E-state index contributed by atoms with van der Waals surface area (Å²) >= 11 is 0. The number of azide groups is 1. The number of carbonyl (C=O) groups is 1. The maximum atomic E-state index is 10.7. The predicted octanol–water partition coefficient (Wildman–Crippen LogP) is 2.91. The van der Waals surface area contributed by atoms with Gasteiger partial charge >= 0.3 is 5.97 Å². The number of aliphatic carboxylic acids is 1. The summed E-state index contributed by atoms with van der Waals surface area (Å²) in [6, 6.07) is 6.20. The van der Waals surface area contributed by atoms with Gasteiger partial charge in [0.2, 0.25) is 0 Å². The van der Waals surface area contributed by atoms with Gasteiger partial charge in [-0.1, -0.05) is 23.3 Å². The Labute approximate surface area is 98.5 Å². The molecule has 1 unspecified atom stereocenters. The van der Waals surface area contributed by atoms with Crippen molar-refractivity contribution >= 4 is 5.97 Å². The molecule has 0 bridgehead atoms. The lowest BCUT2D eigenvalue weighted by Gasteiger charge is -2.14. The molecular weight excluding hydrogens is 222 g/mol. The summed E-state index contributed by atoms with van der Waals surface area (Å²) in [5.41, 5.74) is 9.05. The van der Waals surface area contributed by atoms with Gasteiger partial charge in [-0.2, -0.15) is 0 Å². The Kier molecular flexibility index (Phi) is 4.84. The maximum absolute atomic E-state index is 10.7.